The molecular formula is C24H40N6. The Kier molecular flexibility index (Phi) is 6.68. The minimum atomic E-state index is -0.189. The van der Waals surface area contributed by atoms with Crippen LogP contribution in [0.5, 0.6) is 0 Å². The predicted octanol–water partition coefficient (Wildman–Crippen LogP) is 4.41. The maximum atomic E-state index is 6.15. The van der Waals surface area contributed by atoms with Crippen molar-refractivity contribution >= 4 is 0 Å². The summed E-state index contributed by atoms with van der Waals surface area (Å²) in [6, 6.07) is 7.40. The molecule has 1 atom stereocenters. The third kappa shape index (κ3) is 5.46. The van der Waals surface area contributed by atoms with Crippen LogP contribution in [-0.2, 0) is 5.54 Å². The number of hydrogen-bond donors (Lipinski definition) is 2. The fraction of sp³-hybridized carbons (Fsp3) is 0.708. The number of benzene rings is 1. The Bertz CT molecular complexity index is 840. The highest BCUT2D eigenvalue weighted by molar-refractivity contribution is 5.34. The minimum absolute atomic E-state index is 0.0436. The molecule has 1 heterocycles. The first-order valence-corrected chi connectivity index (χ1v) is 11.3. The number of tetrazole rings is 1. The van der Waals surface area contributed by atoms with Gasteiger partial charge in [-0.2, -0.15) is 0 Å². The van der Waals surface area contributed by atoms with Crippen LogP contribution in [0.25, 0.3) is 0 Å². The molecule has 2 aromatic rings. The lowest BCUT2D eigenvalue weighted by molar-refractivity contribution is 0.186. The first kappa shape index (κ1) is 22.9. The summed E-state index contributed by atoms with van der Waals surface area (Å²) in [4.78, 5) is 0. The summed E-state index contributed by atoms with van der Waals surface area (Å²) in [7, 11) is 0. The van der Waals surface area contributed by atoms with Crippen molar-refractivity contribution in [1.29, 1.82) is 0 Å². The zero-order valence-corrected chi connectivity index (χ0v) is 19.9. The second-order valence-electron chi connectivity index (χ2n) is 11.1. The zero-order chi connectivity index (χ0) is 22.1. The van der Waals surface area contributed by atoms with Crippen LogP contribution in [0, 0.1) is 19.3 Å². The summed E-state index contributed by atoms with van der Waals surface area (Å²) >= 11 is 0. The Hall–Kier alpha value is -1.79. The molecule has 6 nitrogen and oxygen atoms in total. The van der Waals surface area contributed by atoms with Crippen LogP contribution < -0.4 is 11.1 Å². The van der Waals surface area contributed by atoms with Crippen molar-refractivity contribution in [3.8, 4) is 0 Å². The summed E-state index contributed by atoms with van der Waals surface area (Å²) in [6.07, 6.45) is 5.30. The maximum absolute atomic E-state index is 6.15. The summed E-state index contributed by atoms with van der Waals surface area (Å²) in [6.45, 7) is 15.6. The Morgan fingerprint density at radius 1 is 1.07 bits per heavy atom. The molecule has 0 radical (unpaired) electrons. The van der Waals surface area contributed by atoms with Gasteiger partial charge in [0.05, 0.1) is 11.6 Å². The van der Waals surface area contributed by atoms with E-state index in [4.69, 9.17) is 5.73 Å². The van der Waals surface area contributed by atoms with Crippen molar-refractivity contribution in [3.05, 3.63) is 40.7 Å². The van der Waals surface area contributed by atoms with Crippen LogP contribution in [0.1, 0.15) is 95.3 Å². The van der Waals surface area contributed by atoms with Gasteiger partial charge in [-0.05, 0) is 92.3 Å². The van der Waals surface area contributed by atoms with Crippen LogP contribution >= 0.6 is 0 Å². The van der Waals surface area contributed by atoms with Crippen molar-refractivity contribution in [2.75, 3.05) is 0 Å². The molecule has 30 heavy (non-hydrogen) atoms. The van der Waals surface area contributed by atoms with Crippen molar-refractivity contribution in [1.82, 2.24) is 25.5 Å². The SMILES string of the molecule is Cc1ccc(C(NC2CCC(N)CC2)c2nnnn2C(C)(C)CC(C)(C)C)cc1C. The number of nitrogens with zero attached hydrogens (tertiary/aromatic N) is 4. The van der Waals surface area contributed by atoms with Crippen LogP contribution in [0.3, 0.4) is 0 Å². The molecule has 1 fully saturated rings. The van der Waals surface area contributed by atoms with E-state index in [0.29, 0.717) is 12.1 Å². The molecule has 3 N–H and O–H groups in total. The number of aryl methyl sites for hydroxylation is 2. The van der Waals surface area contributed by atoms with E-state index in [1.165, 1.54) is 16.7 Å². The lowest BCUT2D eigenvalue weighted by Crippen LogP contribution is -2.42. The summed E-state index contributed by atoms with van der Waals surface area (Å²) in [5.41, 5.74) is 9.94. The van der Waals surface area contributed by atoms with Gasteiger partial charge in [0.2, 0.25) is 0 Å². The molecular weight excluding hydrogens is 372 g/mol. The molecule has 1 unspecified atom stereocenters. The number of nitrogens with two attached hydrogens (primary N) is 1. The van der Waals surface area contributed by atoms with Gasteiger partial charge in [-0.25, -0.2) is 4.68 Å². The third-order valence-corrected chi connectivity index (χ3v) is 6.33. The highest BCUT2D eigenvalue weighted by Crippen LogP contribution is 2.34. The molecule has 1 aromatic carbocycles. The molecule has 0 spiro atoms. The van der Waals surface area contributed by atoms with Crippen LogP contribution in [0.15, 0.2) is 18.2 Å². The van der Waals surface area contributed by atoms with E-state index in [1.54, 1.807) is 0 Å². The lowest BCUT2D eigenvalue weighted by atomic mass is 9.81. The van der Waals surface area contributed by atoms with Gasteiger partial charge in [0, 0.05) is 12.1 Å². The van der Waals surface area contributed by atoms with Gasteiger partial charge >= 0.3 is 0 Å². The average Bonchev–Trinajstić information content (AvgIpc) is 3.12. The van der Waals surface area contributed by atoms with E-state index >= 15 is 0 Å². The van der Waals surface area contributed by atoms with E-state index in [0.717, 1.165) is 37.9 Å². The fourth-order valence-corrected chi connectivity index (χ4v) is 4.96. The molecule has 0 bridgehead atoms. The van der Waals surface area contributed by atoms with E-state index in [2.05, 4.69) is 87.5 Å². The summed E-state index contributed by atoms with van der Waals surface area (Å²) in [5, 5.41) is 17.0. The topological polar surface area (TPSA) is 81.7 Å². The summed E-state index contributed by atoms with van der Waals surface area (Å²) in [5.74, 6) is 0.891. The first-order chi connectivity index (χ1) is 14.0. The van der Waals surface area contributed by atoms with Gasteiger partial charge in [-0.3, -0.25) is 0 Å². The monoisotopic (exact) mass is 412 g/mol. The Morgan fingerprint density at radius 2 is 1.73 bits per heavy atom. The van der Waals surface area contributed by atoms with E-state index in [1.807, 2.05) is 4.68 Å². The van der Waals surface area contributed by atoms with E-state index in [9.17, 15) is 0 Å². The molecule has 0 amide bonds. The van der Waals surface area contributed by atoms with Gasteiger partial charge in [0.25, 0.3) is 0 Å². The van der Waals surface area contributed by atoms with E-state index < -0.39 is 0 Å². The second-order valence-corrected chi connectivity index (χ2v) is 11.1. The van der Waals surface area contributed by atoms with Crippen molar-refractivity contribution in [2.45, 2.75) is 104 Å². The minimum Gasteiger partial charge on any atom is -0.328 e. The van der Waals surface area contributed by atoms with Gasteiger partial charge < -0.3 is 11.1 Å². The standard InChI is InChI=1S/C24H40N6/c1-16-8-9-18(14-17(16)2)21(26-20-12-10-19(25)11-13-20)22-27-28-29-30(22)24(6,7)15-23(3,4)5/h8-9,14,19-21,26H,10-13,15,25H2,1-7H3. The molecule has 1 aliphatic carbocycles. The molecule has 1 aromatic heterocycles. The quantitative estimate of drug-likeness (QED) is 0.734. The van der Waals surface area contributed by atoms with Gasteiger partial charge in [-0.15, -0.1) is 5.10 Å². The molecule has 6 heteroatoms. The lowest BCUT2D eigenvalue weighted by Gasteiger charge is -2.35. The number of hydrogen-bond acceptors (Lipinski definition) is 5. The highest BCUT2D eigenvalue weighted by atomic mass is 15.6. The van der Waals surface area contributed by atoms with Crippen LogP contribution in [-0.4, -0.2) is 32.3 Å². The molecule has 1 aliphatic rings. The number of rotatable bonds is 6. The highest BCUT2D eigenvalue weighted by Gasteiger charge is 2.34. The predicted molar refractivity (Wildman–Crippen MR) is 122 cm³/mol. The largest absolute Gasteiger partial charge is 0.328 e. The average molecular weight is 413 g/mol. The smallest absolute Gasteiger partial charge is 0.173 e. The Morgan fingerprint density at radius 3 is 2.33 bits per heavy atom. The molecule has 3 rings (SSSR count). The van der Waals surface area contributed by atoms with Crippen molar-refractivity contribution < 1.29 is 0 Å². The molecule has 0 saturated heterocycles. The van der Waals surface area contributed by atoms with E-state index in [-0.39, 0.29) is 17.0 Å². The molecule has 166 valence electrons. The first-order valence-electron chi connectivity index (χ1n) is 11.3. The van der Waals surface area contributed by atoms with Crippen LogP contribution in [0.4, 0.5) is 0 Å². The molecule has 0 aliphatic heterocycles. The van der Waals surface area contributed by atoms with Gasteiger partial charge in [0.15, 0.2) is 5.82 Å². The summed E-state index contributed by atoms with van der Waals surface area (Å²) < 4.78 is 2.04. The third-order valence-electron chi connectivity index (χ3n) is 6.33. The Labute approximate surface area is 182 Å². The van der Waals surface area contributed by atoms with Gasteiger partial charge in [0.1, 0.15) is 0 Å². The number of nitrogens with one attached hydrogen (secondary N) is 1. The van der Waals surface area contributed by atoms with Crippen molar-refractivity contribution in [2.24, 2.45) is 11.1 Å². The normalized spacial score (nSPS) is 21.6. The maximum Gasteiger partial charge on any atom is 0.173 e. The zero-order valence-electron chi connectivity index (χ0n) is 19.9. The van der Waals surface area contributed by atoms with Gasteiger partial charge in [-0.1, -0.05) is 39.0 Å². The number of aromatic nitrogens is 4. The second kappa shape index (κ2) is 8.75. The van der Waals surface area contributed by atoms with Crippen LogP contribution in [0.2, 0.25) is 0 Å². The molecule has 1 saturated carbocycles. The van der Waals surface area contributed by atoms with Crippen molar-refractivity contribution in [3.63, 3.8) is 0 Å². The fourth-order valence-electron chi connectivity index (χ4n) is 4.96. The Balaban J connectivity index is 1.98.